The van der Waals surface area contributed by atoms with Crippen molar-refractivity contribution in [3.8, 4) is 0 Å². The van der Waals surface area contributed by atoms with Crippen LogP contribution >= 0.6 is 23.2 Å². The van der Waals surface area contributed by atoms with Crippen LogP contribution in [0.5, 0.6) is 0 Å². The molecule has 6 heteroatoms. The molecule has 17 heavy (non-hydrogen) atoms. The van der Waals surface area contributed by atoms with Crippen LogP contribution in [-0.2, 0) is 4.74 Å². The van der Waals surface area contributed by atoms with Gasteiger partial charge in [0.15, 0.2) is 5.65 Å². The largest absolute Gasteiger partial charge is 0.381 e. The predicted molar refractivity (Wildman–Crippen MR) is 66.7 cm³/mol. The molecule has 3 rings (SSSR count). The number of nitrogens with zero attached hydrogens (tertiary/aromatic N) is 2. The number of aromatic nitrogens is 3. The van der Waals surface area contributed by atoms with E-state index in [9.17, 15) is 0 Å². The minimum atomic E-state index is 0.289. The van der Waals surface area contributed by atoms with Gasteiger partial charge in [0.25, 0.3) is 0 Å². The second-order valence-electron chi connectivity index (χ2n) is 4.17. The van der Waals surface area contributed by atoms with Gasteiger partial charge >= 0.3 is 0 Å². The number of imidazole rings is 1. The van der Waals surface area contributed by atoms with Gasteiger partial charge in [-0.3, -0.25) is 0 Å². The van der Waals surface area contributed by atoms with E-state index in [1.54, 1.807) is 6.07 Å². The average molecular weight is 272 g/mol. The Bertz CT molecular complexity index is 510. The summed E-state index contributed by atoms with van der Waals surface area (Å²) in [4.78, 5) is 11.8. The van der Waals surface area contributed by atoms with E-state index >= 15 is 0 Å². The highest BCUT2D eigenvalue weighted by Crippen LogP contribution is 2.27. The number of ether oxygens (including phenoxy) is 1. The standard InChI is InChI=1S/C11H11Cl2N3O/c12-7-4-8-11(15-9(7)13)16-10(14-8)6-2-1-3-17-5-6/h4,6H,1-3,5H2,(H,14,15,16). The summed E-state index contributed by atoms with van der Waals surface area (Å²) in [7, 11) is 0. The second kappa shape index (κ2) is 4.44. The molecule has 1 saturated heterocycles. The summed E-state index contributed by atoms with van der Waals surface area (Å²) in [5.74, 6) is 1.22. The van der Waals surface area contributed by atoms with Crippen LogP contribution in [0.2, 0.25) is 10.2 Å². The minimum absolute atomic E-state index is 0.289. The smallest absolute Gasteiger partial charge is 0.179 e. The number of halogens is 2. The lowest BCUT2D eigenvalue weighted by Crippen LogP contribution is -2.16. The van der Waals surface area contributed by atoms with Gasteiger partial charge in [-0.25, -0.2) is 9.97 Å². The van der Waals surface area contributed by atoms with Crippen molar-refractivity contribution in [2.45, 2.75) is 18.8 Å². The van der Waals surface area contributed by atoms with E-state index in [0.717, 1.165) is 30.8 Å². The van der Waals surface area contributed by atoms with Gasteiger partial charge in [-0.05, 0) is 18.9 Å². The molecule has 4 nitrogen and oxygen atoms in total. The number of aromatic amines is 1. The molecule has 1 aliphatic rings. The van der Waals surface area contributed by atoms with Gasteiger partial charge in [0.05, 0.1) is 17.1 Å². The molecular formula is C11H11Cl2N3O. The van der Waals surface area contributed by atoms with Crippen molar-refractivity contribution in [3.05, 3.63) is 22.1 Å². The highest BCUT2D eigenvalue weighted by Gasteiger charge is 2.20. The zero-order valence-corrected chi connectivity index (χ0v) is 10.6. The number of fused-ring (bicyclic) bond motifs is 1. The second-order valence-corrected chi connectivity index (χ2v) is 4.93. The fourth-order valence-corrected chi connectivity index (χ4v) is 2.35. The van der Waals surface area contributed by atoms with Gasteiger partial charge in [0, 0.05) is 12.5 Å². The fourth-order valence-electron chi connectivity index (χ4n) is 2.06. The van der Waals surface area contributed by atoms with Crippen LogP contribution in [0.25, 0.3) is 11.2 Å². The molecule has 1 unspecified atom stereocenters. The monoisotopic (exact) mass is 271 g/mol. The molecule has 0 aromatic carbocycles. The van der Waals surface area contributed by atoms with Crippen molar-refractivity contribution < 1.29 is 4.74 Å². The molecule has 90 valence electrons. The lowest BCUT2D eigenvalue weighted by Gasteiger charge is -2.19. The van der Waals surface area contributed by atoms with Crippen LogP contribution in [0.3, 0.4) is 0 Å². The molecule has 1 fully saturated rings. The third-order valence-corrected chi connectivity index (χ3v) is 3.62. The number of rotatable bonds is 1. The quantitative estimate of drug-likeness (QED) is 0.811. The molecule has 0 aliphatic carbocycles. The molecule has 1 aliphatic heterocycles. The van der Waals surface area contributed by atoms with Crippen LogP contribution in [-0.4, -0.2) is 28.2 Å². The van der Waals surface area contributed by atoms with E-state index in [4.69, 9.17) is 27.9 Å². The predicted octanol–water partition coefficient (Wildman–Crippen LogP) is 3.16. The van der Waals surface area contributed by atoms with Gasteiger partial charge in [0.2, 0.25) is 0 Å². The third-order valence-electron chi connectivity index (χ3n) is 2.95. The molecular weight excluding hydrogens is 261 g/mol. The molecule has 0 spiro atoms. The molecule has 0 bridgehead atoms. The van der Waals surface area contributed by atoms with E-state index < -0.39 is 0 Å². The first-order chi connectivity index (χ1) is 8.24. The Balaban J connectivity index is 2.00. The van der Waals surface area contributed by atoms with Crippen LogP contribution < -0.4 is 0 Å². The van der Waals surface area contributed by atoms with E-state index in [1.165, 1.54) is 0 Å². The van der Waals surface area contributed by atoms with Crippen molar-refractivity contribution in [2.75, 3.05) is 13.2 Å². The summed E-state index contributed by atoms with van der Waals surface area (Å²) >= 11 is 11.8. The summed E-state index contributed by atoms with van der Waals surface area (Å²) in [6.07, 6.45) is 2.15. The molecule has 3 heterocycles. The zero-order chi connectivity index (χ0) is 11.8. The zero-order valence-electron chi connectivity index (χ0n) is 9.04. The first-order valence-corrected chi connectivity index (χ1v) is 6.29. The van der Waals surface area contributed by atoms with Crippen molar-refractivity contribution >= 4 is 34.4 Å². The Morgan fingerprint density at radius 2 is 2.24 bits per heavy atom. The van der Waals surface area contributed by atoms with Crippen molar-refractivity contribution in [1.29, 1.82) is 0 Å². The van der Waals surface area contributed by atoms with Gasteiger partial charge in [0.1, 0.15) is 11.0 Å². The van der Waals surface area contributed by atoms with Gasteiger partial charge in [-0.15, -0.1) is 0 Å². The molecule has 0 saturated carbocycles. The summed E-state index contributed by atoms with van der Waals surface area (Å²) in [6, 6.07) is 1.76. The lowest BCUT2D eigenvalue weighted by atomic mass is 10.0. The Labute approximate surface area is 108 Å². The van der Waals surface area contributed by atoms with Gasteiger partial charge < -0.3 is 9.72 Å². The van der Waals surface area contributed by atoms with Crippen LogP contribution in [0, 0.1) is 0 Å². The van der Waals surface area contributed by atoms with Gasteiger partial charge in [-0.1, -0.05) is 23.2 Å². The first kappa shape index (κ1) is 11.3. The summed E-state index contributed by atoms with van der Waals surface area (Å²) in [5.41, 5.74) is 1.43. The molecule has 2 aromatic rings. The maximum absolute atomic E-state index is 5.92. The highest BCUT2D eigenvalue weighted by atomic mass is 35.5. The first-order valence-electron chi connectivity index (χ1n) is 5.53. The summed E-state index contributed by atoms with van der Waals surface area (Å²) in [6.45, 7) is 1.55. The highest BCUT2D eigenvalue weighted by molar-refractivity contribution is 6.41. The average Bonchev–Trinajstić information content (AvgIpc) is 2.74. The number of hydrogen-bond donors (Lipinski definition) is 1. The Hall–Kier alpha value is -0.840. The SMILES string of the molecule is Clc1cc2[nH]c(C3CCCOC3)nc2nc1Cl. The third kappa shape index (κ3) is 2.12. The summed E-state index contributed by atoms with van der Waals surface area (Å²) in [5, 5.41) is 0.728. The minimum Gasteiger partial charge on any atom is -0.381 e. The normalized spacial score (nSPS) is 20.9. The molecule has 1 atom stereocenters. The maximum atomic E-state index is 5.92. The fraction of sp³-hybridized carbons (Fsp3) is 0.455. The number of nitrogens with one attached hydrogen (secondary N) is 1. The van der Waals surface area contributed by atoms with Crippen molar-refractivity contribution in [2.24, 2.45) is 0 Å². The molecule has 2 aromatic heterocycles. The number of hydrogen-bond acceptors (Lipinski definition) is 3. The Kier molecular flexibility index (Phi) is 2.94. The van der Waals surface area contributed by atoms with E-state index in [0.29, 0.717) is 23.2 Å². The molecule has 0 radical (unpaired) electrons. The van der Waals surface area contributed by atoms with Crippen molar-refractivity contribution in [3.63, 3.8) is 0 Å². The Morgan fingerprint density at radius 3 is 3.00 bits per heavy atom. The van der Waals surface area contributed by atoms with Crippen LogP contribution in [0.15, 0.2) is 6.07 Å². The van der Waals surface area contributed by atoms with Crippen LogP contribution in [0.4, 0.5) is 0 Å². The Morgan fingerprint density at radius 1 is 1.35 bits per heavy atom. The summed E-state index contributed by atoms with van der Waals surface area (Å²) < 4.78 is 5.45. The van der Waals surface area contributed by atoms with E-state index in [2.05, 4.69) is 15.0 Å². The molecule has 0 amide bonds. The lowest BCUT2D eigenvalue weighted by molar-refractivity contribution is 0.0784. The van der Waals surface area contributed by atoms with E-state index in [-0.39, 0.29) is 5.15 Å². The number of H-pyrrole nitrogens is 1. The number of pyridine rings is 1. The maximum Gasteiger partial charge on any atom is 0.179 e. The van der Waals surface area contributed by atoms with Crippen molar-refractivity contribution in [1.82, 2.24) is 15.0 Å². The van der Waals surface area contributed by atoms with Gasteiger partial charge in [-0.2, -0.15) is 0 Å². The topological polar surface area (TPSA) is 50.8 Å². The molecule has 1 N–H and O–H groups in total. The van der Waals surface area contributed by atoms with Crippen LogP contribution in [0.1, 0.15) is 24.6 Å². The van der Waals surface area contributed by atoms with E-state index in [1.807, 2.05) is 0 Å².